The number of carbonyl (C=O) groups excluding carboxylic acids is 2. The molecule has 1 saturated heterocycles. The zero-order chi connectivity index (χ0) is 21.8. The number of nitrogens with zero attached hydrogens (tertiary/aromatic N) is 3. The first-order valence-corrected chi connectivity index (χ1v) is 10.4. The SMILES string of the molecule is Cc1[nH]ncc1C(=O)N1CCC(c2ccc(C(=O)NCc3ccccc3)c(N)n2)CC1. The molecule has 8 nitrogen and oxygen atoms in total. The van der Waals surface area contributed by atoms with Crippen LogP contribution >= 0.6 is 0 Å². The number of hydrogen-bond donors (Lipinski definition) is 3. The topological polar surface area (TPSA) is 117 Å². The van der Waals surface area contributed by atoms with Crippen LogP contribution in [-0.2, 0) is 6.54 Å². The van der Waals surface area contributed by atoms with Crippen LogP contribution in [-0.4, -0.2) is 45.0 Å². The second kappa shape index (κ2) is 8.99. The van der Waals surface area contributed by atoms with Gasteiger partial charge in [0.1, 0.15) is 5.82 Å². The maximum absolute atomic E-state index is 12.6. The number of amides is 2. The molecular formula is C23H26N6O2. The fourth-order valence-electron chi connectivity index (χ4n) is 3.90. The number of anilines is 1. The number of pyridine rings is 1. The maximum atomic E-state index is 12.6. The predicted molar refractivity (Wildman–Crippen MR) is 117 cm³/mol. The van der Waals surface area contributed by atoms with E-state index in [1.165, 1.54) is 0 Å². The molecule has 4 N–H and O–H groups in total. The van der Waals surface area contributed by atoms with Gasteiger partial charge in [-0.25, -0.2) is 4.98 Å². The molecule has 3 heterocycles. The minimum Gasteiger partial charge on any atom is -0.383 e. The van der Waals surface area contributed by atoms with Crippen molar-refractivity contribution in [3.63, 3.8) is 0 Å². The Morgan fingerprint density at radius 1 is 1.13 bits per heavy atom. The van der Waals surface area contributed by atoms with E-state index in [0.717, 1.165) is 29.8 Å². The highest BCUT2D eigenvalue weighted by atomic mass is 16.2. The zero-order valence-electron chi connectivity index (χ0n) is 17.5. The molecule has 0 saturated carbocycles. The van der Waals surface area contributed by atoms with E-state index in [9.17, 15) is 9.59 Å². The molecule has 0 spiro atoms. The number of rotatable bonds is 5. The minimum absolute atomic E-state index is 0.00241. The average Bonchev–Trinajstić information content (AvgIpc) is 3.23. The van der Waals surface area contributed by atoms with E-state index in [4.69, 9.17) is 5.73 Å². The van der Waals surface area contributed by atoms with E-state index < -0.39 is 0 Å². The molecule has 160 valence electrons. The summed E-state index contributed by atoms with van der Waals surface area (Å²) in [6.45, 7) is 3.57. The van der Waals surface area contributed by atoms with Gasteiger partial charge in [-0.05, 0) is 37.5 Å². The molecule has 0 unspecified atom stereocenters. The lowest BCUT2D eigenvalue weighted by Crippen LogP contribution is -2.38. The molecule has 2 aromatic heterocycles. The summed E-state index contributed by atoms with van der Waals surface area (Å²) in [6, 6.07) is 13.3. The lowest BCUT2D eigenvalue weighted by Gasteiger charge is -2.31. The molecule has 0 radical (unpaired) electrons. The van der Waals surface area contributed by atoms with Crippen LogP contribution in [0.25, 0.3) is 0 Å². The first-order valence-electron chi connectivity index (χ1n) is 10.4. The third-order valence-electron chi connectivity index (χ3n) is 5.75. The molecule has 1 aromatic carbocycles. The standard InChI is InChI=1S/C23H26N6O2/c1-15-19(14-26-28-15)23(31)29-11-9-17(10-12-29)20-8-7-18(21(24)27-20)22(30)25-13-16-5-3-2-4-6-16/h2-8,14,17H,9-13H2,1H3,(H2,24,27)(H,25,30)(H,26,28). The molecule has 2 amide bonds. The van der Waals surface area contributed by atoms with E-state index in [2.05, 4.69) is 20.5 Å². The Labute approximate surface area is 180 Å². The summed E-state index contributed by atoms with van der Waals surface area (Å²) in [4.78, 5) is 31.5. The number of piperidine rings is 1. The number of likely N-dealkylation sites (tertiary alicyclic amines) is 1. The van der Waals surface area contributed by atoms with Crippen LogP contribution < -0.4 is 11.1 Å². The molecule has 1 aliphatic rings. The Morgan fingerprint density at radius 2 is 1.87 bits per heavy atom. The summed E-state index contributed by atoms with van der Waals surface area (Å²) >= 11 is 0. The number of H-pyrrole nitrogens is 1. The van der Waals surface area contributed by atoms with Crippen LogP contribution in [0.4, 0.5) is 5.82 Å². The van der Waals surface area contributed by atoms with Crippen LogP contribution in [0.15, 0.2) is 48.7 Å². The molecule has 1 fully saturated rings. The fourth-order valence-corrected chi connectivity index (χ4v) is 3.90. The van der Waals surface area contributed by atoms with Gasteiger partial charge in [0.15, 0.2) is 0 Å². The van der Waals surface area contributed by atoms with Crippen LogP contribution in [0.2, 0.25) is 0 Å². The van der Waals surface area contributed by atoms with E-state index in [1.54, 1.807) is 12.3 Å². The number of aromatic nitrogens is 3. The smallest absolute Gasteiger partial charge is 0.257 e. The van der Waals surface area contributed by atoms with Crippen LogP contribution in [0, 0.1) is 6.92 Å². The third kappa shape index (κ3) is 4.58. The Bertz CT molecular complexity index is 1070. The highest BCUT2D eigenvalue weighted by Gasteiger charge is 2.27. The van der Waals surface area contributed by atoms with E-state index in [-0.39, 0.29) is 23.6 Å². The molecule has 1 aliphatic heterocycles. The van der Waals surface area contributed by atoms with Gasteiger partial charge in [0, 0.05) is 36.9 Å². The van der Waals surface area contributed by atoms with Gasteiger partial charge in [0.25, 0.3) is 11.8 Å². The Balaban J connectivity index is 1.35. The highest BCUT2D eigenvalue weighted by Crippen LogP contribution is 2.29. The molecule has 31 heavy (non-hydrogen) atoms. The molecular weight excluding hydrogens is 392 g/mol. The van der Waals surface area contributed by atoms with Crippen molar-refractivity contribution in [3.8, 4) is 0 Å². The van der Waals surface area contributed by atoms with Gasteiger partial charge in [-0.1, -0.05) is 30.3 Å². The number of aryl methyl sites for hydroxylation is 1. The van der Waals surface area contributed by atoms with E-state index in [0.29, 0.717) is 30.8 Å². The van der Waals surface area contributed by atoms with E-state index in [1.807, 2.05) is 48.2 Å². The van der Waals surface area contributed by atoms with Gasteiger partial charge in [-0.15, -0.1) is 0 Å². The van der Waals surface area contributed by atoms with Crippen molar-refractivity contribution in [2.45, 2.75) is 32.2 Å². The number of aromatic amines is 1. The Kier molecular flexibility index (Phi) is 5.97. The number of carbonyl (C=O) groups is 2. The van der Waals surface area contributed by atoms with Crippen LogP contribution in [0.1, 0.15) is 56.4 Å². The van der Waals surface area contributed by atoms with E-state index >= 15 is 0 Å². The first kappa shape index (κ1) is 20.6. The van der Waals surface area contributed by atoms with Gasteiger partial charge in [-0.2, -0.15) is 5.10 Å². The second-order valence-corrected chi connectivity index (χ2v) is 7.81. The summed E-state index contributed by atoms with van der Waals surface area (Å²) in [6.07, 6.45) is 3.18. The van der Waals surface area contributed by atoms with Crippen molar-refractivity contribution in [2.75, 3.05) is 18.8 Å². The molecule has 0 aliphatic carbocycles. The van der Waals surface area contributed by atoms with Gasteiger partial charge < -0.3 is 16.0 Å². The lowest BCUT2D eigenvalue weighted by atomic mass is 9.92. The van der Waals surface area contributed by atoms with Crippen molar-refractivity contribution >= 4 is 17.6 Å². The second-order valence-electron chi connectivity index (χ2n) is 7.81. The van der Waals surface area contributed by atoms with Crippen molar-refractivity contribution in [1.29, 1.82) is 0 Å². The summed E-state index contributed by atoms with van der Waals surface area (Å²) in [7, 11) is 0. The molecule has 8 heteroatoms. The van der Waals surface area contributed by atoms with Gasteiger partial charge in [0.2, 0.25) is 0 Å². The van der Waals surface area contributed by atoms with Gasteiger partial charge in [-0.3, -0.25) is 14.7 Å². The van der Waals surface area contributed by atoms with Crippen LogP contribution in [0.5, 0.6) is 0 Å². The molecule has 0 atom stereocenters. The van der Waals surface area contributed by atoms with Gasteiger partial charge in [0.05, 0.1) is 17.3 Å². The summed E-state index contributed by atoms with van der Waals surface area (Å²) in [5.41, 5.74) is 9.77. The minimum atomic E-state index is -0.240. The largest absolute Gasteiger partial charge is 0.383 e. The number of nitrogen functional groups attached to an aromatic ring is 1. The van der Waals surface area contributed by atoms with Crippen molar-refractivity contribution in [1.82, 2.24) is 25.4 Å². The first-order chi connectivity index (χ1) is 15.0. The monoisotopic (exact) mass is 418 g/mol. The summed E-state index contributed by atoms with van der Waals surface area (Å²) < 4.78 is 0. The van der Waals surface area contributed by atoms with Gasteiger partial charge >= 0.3 is 0 Å². The summed E-state index contributed by atoms with van der Waals surface area (Å²) in [5.74, 6) is 0.202. The number of nitrogens with two attached hydrogens (primary N) is 1. The maximum Gasteiger partial charge on any atom is 0.257 e. The predicted octanol–water partition coefficient (Wildman–Crippen LogP) is 2.65. The molecule has 0 bridgehead atoms. The number of hydrogen-bond acceptors (Lipinski definition) is 5. The Morgan fingerprint density at radius 3 is 2.52 bits per heavy atom. The van der Waals surface area contributed by atoms with Crippen LogP contribution in [0.3, 0.4) is 0 Å². The quantitative estimate of drug-likeness (QED) is 0.589. The third-order valence-corrected chi connectivity index (χ3v) is 5.75. The molecule has 4 rings (SSSR count). The normalized spacial score (nSPS) is 14.4. The fraction of sp³-hybridized carbons (Fsp3) is 0.304. The summed E-state index contributed by atoms with van der Waals surface area (Å²) in [5, 5.41) is 9.62. The zero-order valence-corrected chi connectivity index (χ0v) is 17.5. The Hall–Kier alpha value is -3.68. The van der Waals surface area contributed by atoms with Crippen molar-refractivity contribution < 1.29 is 9.59 Å². The van der Waals surface area contributed by atoms with Crippen molar-refractivity contribution in [3.05, 3.63) is 76.7 Å². The lowest BCUT2D eigenvalue weighted by molar-refractivity contribution is 0.0711. The average molecular weight is 419 g/mol. The molecule has 3 aromatic rings. The number of benzene rings is 1. The highest BCUT2D eigenvalue weighted by molar-refractivity contribution is 5.98. The number of nitrogens with one attached hydrogen (secondary N) is 2. The van der Waals surface area contributed by atoms with Crippen molar-refractivity contribution in [2.24, 2.45) is 0 Å².